The number of carbonyl (C=O) groups is 2. The van der Waals surface area contributed by atoms with Crippen LogP contribution in [0.15, 0.2) is 46.8 Å². The van der Waals surface area contributed by atoms with Crippen molar-refractivity contribution in [2.45, 2.75) is 59.7 Å². The van der Waals surface area contributed by atoms with Gasteiger partial charge in [-0.2, -0.15) is 0 Å². The molecule has 0 amide bonds. The molecular formula is C21H26N2O6. The van der Waals surface area contributed by atoms with Crippen molar-refractivity contribution < 1.29 is 24.0 Å². The lowest BCUT2D eigenvalue weighted by atomic mass is 9.80. The van der Waals surface area contributed by atoms with Gasteiger partial charge in [0, 0.05) is 23.5 Å². The number of nitrogens with one attached hydrogen (secondary N) is 1. The Labute approximate surface area is 169 Å². The lowest BCUT2D eigenvalue weighted by molar-refractivity contribution is -0.384. The molecule has 0 unspecified atom stereocenters. The molecular weight excluding hydrogens is 376 g/mol. The predicted octanol–water partition coefficient (Wildman–Crippen LogP) is 3.73. The van der Waals surface area contributed by atoms with Crippen molar-refractivity contribution >= 4 is 17.6 Å². The second kappa shape index (κ2) is 8.89. The molecule has 8 nitrogen and oxygen atoms in total. The van der Waals surface area contributed by atoms with E-state index >= 15 is 0 Å². The summed E-state index contributed by atoms with van der Waals surface area (Å²) in [5.41, 5.74) is 2.13. The van der Waals surface area contributed by atoms with E-state index in [0.717, 1.165) is 0 Å². The third-order valence-corrected chi connectivity index (χ3v) is 4.32. The van der Waals surface area contributed by atoms with E-state index in [2.05, 4.69) is 5.32 Å². The number of esters is 2. The zero-order chi connectivity index (χ0) is 21.9. The van der Waals surface area contributed by atoms with Crippen LogP contribution < -0.4 is 5.32 Å². The van der Waals surface area contributed by atoms with Crippen molar-refractivity contribution in [3.63, 3.8) is 0 Å². The predicted molar refractivity (Wildman–Crippen MR) is 107 cm³/mol. The average molecular weight is 402 g/mol. The molecule has 156 valence electrons. The van der Waals surface area contributed by atoms with Gasteiger partial charge in [0.05, 0.1) is 34.2 Å². The summed E-state index contributed by atoms with van der Waals surface area (Å²) >= 11 is 0. The maximum absolute atomic E-state index is 12.9. The molecule has 1 aliphatic rings. The molecule has 0 bridgehead atoms. The number of non-ortho nitro benzene ring substituents is 1. The minimum atomic E-state index is -0.769. The Hall–Kier alpha value is -3.16. The number of carbonyl (C=O) groups excluding carboxylic acids is 2. The first-order valence-electron chi connectivity index (χ1n) is 9.37. The van der Waals surface area contributed by atoms with Gasteiger partial charge in [-0.05, 0) is 47.1 Å². The fourth-order valence-electron chi connectivity index (χ4n) is 3.21. The number of rotatable bonds is 6. The minimum Gasteiger partial charge on any atom is -0.460 e. The van der Waals surface area contributed by atoms with Crippen molar-refractivity contribution in [1.82, 2.24) is 5.32 Å². The fourth-order valence-corrected chi connectivity index (χ4v) is 3.21. The van der Waals surface area contributed by atoms with Gasteiger partial charge in [-0.1, -0.05) is 12.1 Å². The number of ether oxygens (including phenoxy) is 2. The molecule has 29 heavy (non-hydrogen) atoms. The molecule has 1 aromatic carbocycles. The number of allylic oxidation sites excluding steroid dienone is 2. The summed E-state index contributed by atoms with van der Waals surface area (Å²) in [6.07, 6.45) is -0.697. The highest BCUT2D eigenvalue weighted by molar-refractivity contribution is 6.00. The summed E-state index contributed by atoms with van der Waals surface area (Å²) in [6.45, 7) is 10.4. The average Bonchev–Trinajstić information content (AvgIpc) is 2.59. The number of hydrogen-bond donors (Lipinski definition) is 1. The summed E-state index contributed by atoms with van der Waals surface area (Å²) in [6, 6.07) is 5.78. The molecule has 1 N–H and O–H groups in total. The third kappa shape index (κ3) is 5.01. The van der Waals surface area contributed by atoms with E-state index in [-0.39, 0.29) is 29.0 Å². The number of nitro groups is 1. The summed E-state index contributed by atoms with van der Waals surface area (Å²) < 4.78 is 10.8. The van der Waals surface area contributed by atoms with Gasteiger partial charge in [0.2, 0.25) is 0 Å². The summed E-state index contributed by atoms with van der Waals surface area (Å²) in [7, 11) is 0. The van der Waals surface area contributed by atoms with Crippen LogP contribution in [0.25, 0.3) is 0 Å². The summed E-state index contributed by atoms with van der Waals surface area (Å²) in [5, 5.41) is 14.1. The van der Waals surface area contributed by atoms with Gasteiger partial charge in [-0.15, -0.1) is 0 Å². The van der Waals surface area contributed by atoms with Gasteiger partial charge in [0.15, 0.2) is 0 Å². The fraction of sp³-hybridized carbons (Fsp3) is 0.429. The van der Waals surface area contributed by atoms with Gasteiger partial charge in [0.25, 0.3) is 5.69 Å². The molecule has 0 radical (unpaired) electrons. The van der Waals surface area contributed by atoms with Crippen molar-refractivity contribution in [3.8, 4) is 0 Å². The topological polar surface area (TPSA) is 108 Å². The zero-order valence-corrected chi connectivity index (χ0v) is 17.4. The smallest absolute Gasteiger partial charge is 0.337 e. The van der Waals surface area contributed by atoms with Crippen LogP contribution in [-0.2, 0) is 19.1 Å². The third-order valence-electron chi connectivity index (χ3n) is 4.32. The molecule has 0 spiro atoms. The first kappa shape index (κ1) is 22.1. The molecule has 0 saturated heterocycles. The van der Waals surface area contributed by atoms with Crippen LogP contribution in [0.4, 0.5) is 5.69 Å². The van der Waals surface area contributed by atoms with E-state index in [0.29, 0.717) is 17.0 Å². The van der Waals surface area contributed by atoms with Crippen molar-refractivity contribution in [2.75, 3.05) is 0 Å². The van der Waals surface area contributed by atoms with Gasteiger partial charge in [0.1, 0.15) is 0 Å². The Balaban J connectivity index is 2.63. The van der Waals surface area contributed by atoms with E-state index in [1.165, 1.54) is 12.1 Å². The van der Waals surface area contributed by atoms with Crippen LogP contribution >= 0.6 is 0 Å². The minimum absolute atomic E-state index is 0.0818. The van der Waals surface area contributed by atoms with E-state index in [9.17, 15) is 19.7 Å². The first-order chi connectivity index (χ1) is 13.5. The monoisotopic (exact) mass is 402 g/mol. The second-order valence-corrected chi connectivity index (χ2v) is 7.39. The van der Waals surface area contributed by atoms with Crippen LogP contribution in [0.5, 0.6) is 0 Å². The van der Waals surface area contributed by atoms with Crippen LogP contribution in [-0.4, -0.2) is 29.1 Å². The Kier molecular flexibility index (Phi) is 6.79. The van der Waals surface area contributed by atoms with Gasteiger partial charge in [-0.3, -0.25) is 10.1 Å². The highest BCUT2D eigenvalue weighted by Gasteiger charge is 2.38. The highest BCUT2D eigenvalue weighted by Crippen LogP contribution is 2.40. The molecule has 0 aliphatic carbocycles. The lowest BCUT2D eigenvalue weighted by Gasteiger charge is -2.31. The Bertz CT molecular complexity index is 837. The largest absolute Gasteiger partial charge is 0.460 e. The first-order valence-corrected chi connectivity index (χ1v) is 9.37. The van der Waals surface area contributed by atoms with E-state index in [1.54, 1.807) is 53.7 Å². The molecule has 0 aromatic heterocycles. The highest BCUT2D eigenvalue weighted by atomic mass is 16.6. The molecule has 1 aliphatic heterocycles. The van der Waals surface area contributed by atoms with Gasteiger partial charge >= 0.3 is 11.9 Å². The number of nitrogens with zero attached hydrogens (tertiary/aromatic N) is 1. The van der Waals surface area contributed by atoms with Crippen LogP contribution in [0.1, 0.15) is 53.0 Å². The van der Waals surface area contributed by atoms with Gasteiger partial charge in [-0.25, -0.2) is 9.59 Å². The standard InChI is InChI=1S/C21H26N2O6/c1-11(2)28-20(24)17-13(5)22-14(6)18(21(25)29-12(3)4)19(17)15-7-9-16(10-8-15)23(26)27/h7-12,19,22H,1-6H3. The molecule has 0 saturated carbocycles. The number of benzene rings is 1. The Morgan fingerprint density at radius 2 is 1.34 bits per heavy atom. The summed E-state index contributed by atoms with van der Waals surface area (Å²) in [5.74, 6) is -1.89. The zero-order valence-electron chi connectivity index (χ0n) is 17.4. The number of hydrogen-bond acceptors (Lipinski definition) is 7. The van der Waals surface area contributed by atoms with Crippen LogP contribution in [0, 0.1) is 10.1 Å². The molecule has 1 aromatic rings. The second-order valence-electron chi connectivity index (χ2n) is 7.39. The molecule has 0 atom stereocenters. The van der Waals surface area contributed by atoms with E-state index in [1.807, 2.05) is 0 Å². The molecule has 2 rings (SSSR count). The van der Waals surface area contributed by atoms with Crippen molar-refractivity contribution in [2.24, 2.45) is 0 Å². The van der Waals surface area contributed by atoms with E-state index < -0.39 is 22.8 Å². The maximum atomic E-state index is 12.9. The normalized spacial score (nSPS) is 14.9. The maximum Gasteiger partial charge on any atom is 0.337 e. The van der Waals surface area contributed by atoms with Gasteiger partial charge < -0.3 is 14.8 Å². The van der Waals surface area contributed by atoms with Crippen LogP contribution in [0.3, 0.4) is 0 Å². The Morgan fingerprint density at radius 3 is 1.69 bits per heavy atom. The van der Waals surface area contributed by atoms with Crippen molar-refractivity contribution in [1.29, 1.82) is 0 Å². The number of nitro benzene ring substituents is 1. The lowest BCUT2D eigenvalue weighted by Crippen LogP contribution is -2.33. The van der Waals surface area contributed by atoms with Crippen LogP contribution in [0.2, 0.25) is 0 Å². The molecule has 8 heteroatoms. The van der Waals surface area contributed by atoms with E-state index in [4.69, 9.17) is 9.47 Å². The number of dihydropyridines is 1. The molecule has 0 fully saturated rings. The summed E-state index contributed by atoms with van der Waals surface area (Å²) in [4.78, 5) is 36.2. The quantitative estimate of drug-likeness (QED) is 0.439. The van der Waals surface area contributed by atoms with Crippen molar-refractivity contribution in [3.05, 3.63) is 62.5 Å². The Morgan fingerprint density at radius 1 is 0.931 bits per heavy atom. The molecule has 1 heterocycles. The SMILES string of the molecule is CC1=C(C(=O)OC(C)C)C(c2ccc([N+](=O)[O-])cc2)C(C(=O)OC(C)C)=C(C)N1.